The Balaban J connectivity index is 1.95. The number of nitrogens with zero attached hydrogens (tertiary/aromatic N) is 3. The molecule has 2 heterocycles. The average Bonchev–Trinajstić information content (AvgIpc) is 2.73. The van der Waals surface area contributed by atoms with E-state index in [-0.39, 0.29) is 6.04 Å². The van der Waals surface area contributed by atoms with Crippen molar-refractivity contribution in [1.29, 1.82) is 0 Å². The van der Waals surface area contributed by atoms with Gasteiger partial charge >= 0.3 is 0 Å². The molecule has 5 nitrogen and oxygen atoms in total. The number of nitrogens with two attached hydrogens (primary N) is 1. The molecule has 2 aliphatic rings. The smallest absolute Gasteiger partial charge is 0.156 e. The van der Waals surface area contributed by atoms with Crippen LogP contribution >= 0.6 is 0 Å². The maximum absolute atomic E-state index is 8.65. The zero-order valence-corrected chi connectivity index (χ0v) is 9.26. The van der Waals surface area contributed by atoms with E-state index in [4.69, 9.17) is 10.9 Å². The van der Waals surface area contributed by atoms with E-state index in [9.17, 15) is 0 Å². The summed E-state index contributed by atoms with van der Waals surface area (Å²) in [7, 11) is 0. The van der Waals surface area contributed by atoms with E-state index in [1.54, 1.807) is 0 Å². The molecule has 0 aliphatic carbocycles. The molecule has 2 aliphatic heterocycles. The summed E-state index contributed by atoms with van der Waals surface area (Å²) in [5, 5.41) is 11.7. The summed E-state index contributed by atoms with van der Waals surface area (Å²) >= 11 is 0. The number of rotatable bonds is 2. The second kappa shape index (κ2) is 4.37. The van der Waals surface area contributed by atoms with Gasteiger partial charge in [0.15, 0.2) is 5.84 Å². The van der Waals surface area contributed by atoms with Crippen molar-refractivity contribution in [2.45, 2.75) is 31.8 Å². The highest BCUT2D eigenvalue weighted by atomic mass is 16.4. The minimum Gasteiger partial charge on any atom is -0.409 e. The van der Waals surface area contributed by atoms with Crippen molar-refractivity contribution in [2.75, 3.05) is 26.2 Å². The van der Waals surface area contributed by atoms with Crippen molar-refractivity contribution in [2.24, 2.45) is 10.9 Å². The largest absolute Gasteiger partial charge is 0.409 e. The maximum Gasteiger partial charge on any atom is 0.156 e. The Labute approximate surface area is 90.5 Å². The van der Waals surface area contributed by atoms with E-state index in [0.717, 1.165) is 19.6 Å². The van der Waals surface area contributed by atoms with Gasteiger partial charge in [-0.25, -0.2) is 0 Å². The summed E-state index contributed by atoms with van der Waals surface area (Å²) in [6.07, 6.45) is 2.61. The molecule has 2 atom stereocenters. The van der Waals surface area contributed by atoms with Gasteiger partial charge in [0.1, 0.15) is 0 Å². The number of amidine groups is 1. The van der Waals surface area contributed by atoms with Crippen LogP contribution in [0.3, 0.4) is 0 Å². The lowest BCUT2D eigenvalue weighted by Gasteiger charge is -2.40. The number of fused-ring (bicyclic) bond motifs is 1. The van der Waals surface area contributed by atoms with Gasteiger partial charge in [-0.05, 0) is 26.3 Å². The lowest BCUT2D eigenvalue weighted by atomic mass is 10.1. The zero-order chi connectivity index (χ0) is 10.8. The summed E-state index contributed by atoms with van der Waals surface area (Å²) in [5.41, 5.74) is 5.63. The van der Waals surface area contributed by atoms with Crippen LogP contribution in [0.2, 0.25) is 0 Å². The summed E-state index contributed by atoms with van der Waals surface area (Å²) in [4.78, 5) is 4.86. The highest BCUT2D eigenvalue weighted by Gasteiger charge is 2.33. The average molecular weight is 212 g/mol. The number of oxime groups is 1. The normalized spacial score (nSPS) is 31.5. The standard InChI is InChI=1S/C10H20N4O/c1-8(10(11)12-15)14-6-5-13-4-2-3-9(13)7-14/h8-9,15H,2-7H2,1H3,(H2,11,12). The van der Waals surface area contributed by atoms with Crippen LogP contribution in [-0.2, 0) is 0 Å². The third kappa shape index (κ3) is 2.08. The Kier molecular flexibility index (Phi) is 3.11. The highest BCUT2D eigenvalue weighted by Crippen LogP contribution is 2.22. The molecule has 15 heavy (non-hydrogen) atoms. The molecule has 2 unspecified atom stereocenters. The second-order valence-electron chi connectivity index (χ2n) is 4.53. The second-order valence-corrected chi connectivity index (χ2v) is 4.53. The molecule has 86 valence electrons. The van der Waals surface area contributed by atoms with Crippen LogP contribution in [0.15, 0.2) is 5.16 Å². The molecule has 0 bridgehead atoms. The quantitative estimate of drug-likeness (QED) is 0.290. The van der Waals surface area contributed by atoms with Gasteiger partial charge in [0.25, 0.3) is 0 Å². The molecule has 0 aromatic rings. The minimum absolute atomic E-state index is 0.0535. The van der Waals surface area contributed by atoms with Gasteiger partial charge in [-0.15, -0.1) is 0 Å². The Bertz CT molecular complexity index is 256. The number of hydrogen-bond donors (Lipinski definition) is 2. The molecular weight excluding hydrogens is 192 g/mol. The van der Waals surface area contributed by atoms with E-state index in [1.807, 2.05) is 6.92 Å². The third-order valence-corrected chi connectivity index (χ3v) is 3.71. The van der Waals surface area contributed by atoms with Crippen molar-refractivity contribution >= 4 is 5.84 Å². The Morgan fingerprint density at radius 1 is 1.47 bits per heavy atom. The molecule has 0 saturated carbocycles. The lowest BCUT2D eigenvalue weighted by Crippen LogP contribution is -2.55. The van der Waals surface area contributed by atoms with Crippen LogP contribution < -0.4 is 5.73 Å². The molecule has 2 rings (SSSR count). The molecule has 0 spiro atoms. The topological polar surface area (TPSA) is 65.1 Å². The molecular formula is C10H20N4O. The number of hydrogen-bond acceptors (Lipinski definition) is 4. The van der Waals surface area contributed by atoms with Crippen molar-refractivity contribution < 1.29 is 5.21 Å². The fourth-order valence-corrected chi connectivity index (χ4v) is 2.64. The van der Waals surface area contributed by atoms with Gasteiger partial charge in [-0.1, -0.05) is 5.16 Å². The summed E-state index contributed by atoms with van der Waals surface area (Å²) in [5.74, 6) is 0.321. The van der Waals surface area contributed by atoms with Crippen LogP contribution in [0.25, 0.3) is 0 Å². The van der Waals surface area contributed by atoms with Crippen molar-refractivity contribution in [3.8, 4) is 0 Å². The van der Waals surface area contributed by atoms with Crippen molar-refractivity contribution in [3.63, 3.8) is 0 Å². The first kappa shape index (κ1) is 10.7. The Morgan fingerprint density at radius 2 is 2.27 bits per heavy atom. The molecule has 0 aromatic carbocycles. The van der Waals surface area contributed by atoms with Gasteiger partial charge in [0, 0.05) is 25.7 Å². The van der Waals surface area contributed by atoms with Gasteiger partial charge in [-0.2, -0.15) is 0 Å². The third-order valence-electron chi connectivity index (χ3n) is 3.71. The van der Waals surface area contributed by atoms with E-state index >= 15 is 0 Å². The van der Waals surface area contributed by atoms with Crippen molar-refractivity contribution in [3.05, 3.63) is 0 Å². The maximum atomic E-state index is 8.65. The molecule has 2 fully saturated rings. The Hall–Kier alpha value is -0.810. The molecule has 3 N–H and O–H groups in total. The predicted molar refractivity (Wildman–Crippen MR) is 59.0 cm³/mol. The van der Waals surface area contributed by atoms with E-state index < -0.39 is 0 Å². The monoisotopic (exact) mass is 212 g/mol. The first-order valence-electron chi connectivity index (χ1n) is 5.68. The Morgan fingerprint density at radius 3 is 3.00 bits per heavy atom. The first-order chi connectivity index (χ1) is 7.22. The predicted octanol–water partition coefficient (Wildman–Crippen LogP) is -0.0987. The van der Waals surface area contributed by atoms with E-state index in [1.165, 1.54) is 19.4 Å². The minimum atomic E-state index is 0.0535. The van der Waals surface area contributed by atoms with Gasteiger partial charge < -0.3 is 10.9 Å². The summed E-state index contributed by atoms with van der Waals surface area (Å²) < 4.78 is 0. The number of piperazine rings is 1. The highest BCUT2D eigenvalue weighted by molar-refractivity contribution is 5.84. The fourth-order valence-electron chi connectivity index (χ4n) is 2.64. The lowest BCUT2D eigenvalue weighted by molar-refractivity contribution is 0.0939. The molecule has 5 heteroatoms. The molecule has 0 radical (unpaired) electrons. The SMILES string of the molecule is CC(C(N)=NO)N1CCN2CCCC2C1. The summed E-state index contributed by atoms with van der Waals surface area (Å²) in [6.45, 7) is 6.44. The van der Waals surface area contributed by atoms with Crippen LogP contribution in [0.4, 0.5) is 0 Å². The molecule has 2 saturated heterocycles. The summed E-state index contributed by atoms with van der Waals surface area (Å²) in [6, 6.07) is 0.741. The molecule has 0 amide bonds. The van der Waals surface area contributed by atoms with Gasteiger partial charge in [0.2, 0.25) is 0 Å². The zero-order valence-electron chi connectivity index (χ0n) is 9.26. The first-order valence-corrected chi connectivity index (χ1v) is 5.68. The molecule has 0 aromatic heterocycles. The van der Waals surface area contributed by atoms with E-state index in [0.29, 0.717) is 11.9 Å². The van der Waals surface area contributed by atoms with Crippen LogP contribution in [0, 0.1) is 0 Å². The van der Waals surface area contributed by atoms with Crippen LogP contribution in [-0.4, -0.2) is 59.1 Å². The fraction of sp³-hybridized carbons (Fsp3) is 0.900. The van der Waals surface area contributed by atoms with E-state index in [2.05, 4.69) is 15.0 Å². The van der Waals surface area contributed by atoms with Gasteiger partial charge in [-0.3, -0.25) is 9.80 Å². The van der Waals surface area contributed by atoms with Gasteiger partial charge in [0.05, 0.1) is 6.04 Å². The van der Waals surface area contributed by atoms with Crippen molar-refractivity contribution in [1.82, 2.24) is 9.80 Å². The van der Waals surface area contributed by atoms with Crippen LogP contribution in [0.5, 0.6) is 0 Å². The van der Waals surface area contributed by atoms with Crippen LogP contribution in [0.1, 0.15) is 19.8 Å².